The zero-order valence-corrected chi connectivity index (χ0v) is 15.0. The van der Waals surface area contributed by atoms with E-state index in [1.807, 2.05) is 0 Å². The molecular weight excluding hydrogens is 386 g/mol. The Labute approximate surface area is 157 Å². The molecule has 26 heavy (non-hydrogen) atoms. The molecule has 0 radical (unpaired) electrons. The number of hydrogen-bond donors (Lipinski definition) is 0. The minimum Gasteiger partial charge on any atom is -0.356 e. The van der Waals surface area contributed by atoms with Gasteiger partial charge in [0.25, 0.3) is 0 Å². The molecule has 0 amide bonds. The van der Waals surface area contributed by atoms with Gasteiger partial charge in [0.15, 0.2) is 5.43 Å². The molecule has 0 aliphatic carbocycles. The maximum atomic E-state index is 13.0. The van der Waals surface area contributed by atoms with Crippen LogP contribution in [-0.2, 0) is 13.2 Å². The molecule has 3 aromatic rings. The third kappa shape index (κ3) is 3.79. The van der Waals surface area contributed by atoms with E-state index in [0.717, 1.165) is 12.1 Å². The third-order valence-corrected chi connectivity index (χ3v) is 4.27. The monoisotopic (exact) mass is 397 g/mol. The highest BCUT2D eigenvalue weighted by Crippen LogP contribution is 2.32. The number of hydrogen-bond acceptors (Lipinski definition) is 1. The van der Waals surface area contributed by atoms with Gasteiger partial charge < -0.3 is 4.57 Å². The topological polar surface area (TPSA) is 22.0 Å². The summed E-state index contributed by atoms with van der Waals surface area (Å²) in [5, 5.41) is 0.720. The van der Waals surface area contributed by atoms with Crippen LogP contribution >= 0.6 is 23.2 Å². The quantitative estimate of drug-likeness (QED) is 0.516. The molecule has 1 heterocycles. The minimum atomic E-state index is -4.49. The molecule has 0 saturated carbocycles. The Morgan fingerprint density at radius 3 is 2.04 bits per heavy atom. The molecule has 0 unspecified atom stereocenters. The van der Waals surface area contributed by atoms with E-state index in [-0.39, 0.29) is 11.1 Å². The van der Waals surface area contributed by atoms with Crippen molar-refractivity contribution in [2.24, 2.45) is 7.05 Å². The van der Waals surface area contributed by atoms with Gasteiger partial charge in [-0.05, 0) is 41.5 Å². The van der Waals surface area contributed by atoms with Crippen molar-refractivity contribution in [2.45, 2.75) is 6.18 Å². The average molecular weight is 398 g/mol. The number of halogens is 5. The lowest BCUT2D eigenvalue weighted by Crippen LogP contribution is -2.12. The Morgan fingerprint density at radius 2 is 1.46 bits per heavy atom. The van der Waals surface area contributed by atoms with E-state index < -0.39 is 17.2 Å². The fourth-order valence-electron chi connectivity index (χ4n) is 2.69. The van der Waals surface area contributed by atoms with Crippen LogP contribution in [-0.4, -0.2) is 4.57 Å². The first kappa shape index (κ1) is 18.5. The molecular formula is C19H12Cl2F3NO. The molecule has 0 fully saturated rings. The highest BCUT2D eigenvalue weighted by Gasteiger charge is 2.30. The third-order valence-electron chi connectivity index (χ3n) is 3.83. The van der Waals surface area contributed by atoms with Crippen LogP contribution in [0.2, 0.25) is 10.0 Å². The lowest BCUT2D eigenvalue weighted by Gasteiger charge is -2.12. The van der Waals surface area contributed by atoms with Crippen LogP contribution in [0, 0.1) is 0 Å². The van der Waals surface area contributed by atoms with Crippen LogP contribution in [0.3, 0.4) is 0 Å². The predicted octanol–water partition coefficient (Wildman–Crippen LogP) is 6.04. The molecule has 0 aliphatic rings. The van der Waals surface area contributed by atoms with Crippen LogP contribution in [0.1, 0.15) is 5.56 Å². The lowest BCUT2D eigenvalue weighted by atomic mass is 9.99. The number of benzene rings is 2. The van der Waals surface area contributed by atoms with Gasteiger partial charge >= 0.3 is 6.18 Å². The second kappa shape index (κ2) is 6.82. The number of aryl methyl sites for hydroxylation is 1. The van der Waals surface area contributed by atoms with Crippen molar-refractivity contribution in [1.29, 1.82) is 0 Å². The van der Waals surface area contributed by atoms with Gasteiger partial charge in [-0.1, -0.05) is 35.3 Å². The summed E-state index contributed by atoms with van der Waals surface area (Å²) >= 11 is 12.0. The van der Waals surface area contributed by atoms with Crippen molar-refractivity contribution in [3.63, 3.8) is 0 Å². The first-order valence-corrected chi connectivity index (χ1v) is 8.25. The van der Waals surface area contributed by atoms with Crippen LogP contribution in [0.25, 0.3) is 22.3 Å². The molecule has 2 nitrogen and oxygen atoms in total. The Balaban J connectivity index is 2.22. The molecule has 2 aromatic carbocycles. The van der Waals surface area contributed by atoms with E-state index in [9.17, 15) is 18.0 Å². The Kier molecular flexibility index (Phi) is 4.86. The van der Waals surface area contributed by atoms with Gasteiger partial charge in [0.2, 0.25) is 0 Å². The van der Waals surface area contributed by atoms with E-state index in [0.29, 0.717) is 21.2 Å². The number of alkyl halides is 3. The van der Waals surface area contributed by atoms with Crippen molar-refractivity contribution >= 4 is 23.2 Å². The van der Waals surface area contributed by atoms with Crippen molar-refractivity contribution in [3.05, 3.63) is 80.7 Å². The highest BCUT2D eigenvalue weighted by molar-refractivity contribution is 6.35. The zero-order valence-electron chi connectivity index (χ0n) is 13.4. The number of nitrogens with zero attached hydrogens (tertiary/aromatic N) is 1. The van der Waals surface area contributed by atoms with E-state index in [1.165, 1.54) is 24.4 Å². The van der Waals surface area contributed by atoms with E-state index in [2.05, 4.69) is 0 Å². The highest BCUT2D eigenvalue weighted by atomic mass is 35.5. The van der Waals surface area contributed by atoms with E-state index in [4.69, 9.17) is 23.2 Å². The summed E-state index contributed by atoms with van der Waals surface area (Å²) in [6, 6.07) is 9.38. The molecule has 0 spiro atoms. The zero-order chi connectivity index (χ0) is 19.1. The van der Waals surface area contributed by atoms with Gasteiger partial charge in [-0.15, -0.1) is 0 Å². The average Bonchev–Trinajstić information content (AvgIpc) is 2.55. The summed E-state index contributed by atoms with van der Waals surface area (Å²) in [7, 11) is 1.69. The van der Waals surface area contributed by atoms with Crippen molar-refractivity contribution < 1.29 is 13.2 Å². The number of rotatable bonds is 2. The van der Waals surface area contributed by atoms with Gasteiger partial charge in [-0.3, -0.25) is 4.79 Å². The minimum absolute atomic E-state index is 0.159. The maximum absolute atomic E-state index is 13.0. The van der Waals surface area contributed by atoms with Gasteiger partial charge in [-0.25, -0.2) is 0 Å². The first-order valence-electron chi connectivity index (χ1n) is 7.49. The summed E-state index contributed by atoms with van der Waals surface area (Å²) < 4.78 is 40.6. The molecule has 134 valence electrons. The van der Waals surface area contributed by atoms with Crippen molar-refractivity contribution in [3.8, 4) is 22.3 Å². The molecule has 0 aliphatic heterocycles. The number of aromatic nitrogens is 1. The maximum Gasteiger partial charge on any atom is 0.416 e. The number of pyridine rings is 1. The second-order valence-electron chi connectivity index (χ2n) is 5.82. The van der Waals surface area contributed by atoms with E-state index >= 15 is 0 Å². The fourth-order valence-corrected chi connectivity index (χ4v) is 3.22. The molecule has 0 atom stereocenters. The van der Waals surface area contributed by atoms with Crippen molar-refractivity contribution in [2.75, 3.05) is 0 Å². The summed E-state index contributed by atoms with van der Waals surface area (Å²) in [5.74, 6) is 0. The molecule has 0 saturated heterocycles. The standard InChI is InChI=1S/C19H12Cl2F3NO/c1-25-9-16(11-3-2-4-13(5-11)19(22,23)24)18(26)17(10-25)12-6-14(20)8-15(21)7-12/h2-10H,1H3. The smallest absolute Gasteiger partial charge is 0.356 e. The van der Waals surface area contributed by atoms with Crippen LogP contribution in [0.5, 0.6) is 0 Å². The van der Waals surface area contributed by atoms with Crippen LogP contribution < -0.4 is 5.43 Å². The van der Waals surface area contributed by atoms with Gasteiger partial charge in [0.1, 0.15) is 0 Å². The molecule has 0 N–H and O–H groups in total. The summed E-state index contributed by atoms with van der Waals surface area (Å²) in [4.78, 5) is 12.9. The Bertz CT molecular complexity index is 1020. The summed E-state index contributed by atoms with van der Waals surface area (Å²) in [6.07, 6.45) is -1.41. The SMILES string of the molecule is Cn1cc(-c2cc(Cl)cc(Cl)c2)c(=O)c(-c2cccc(C(F)(F)F)c2)c1. The molecule has 7 heteroatoms. The van der Waals surface area contributed by atoms with Crippen molar-refractivity contribution in [1.82, 2.24) is 4.57 Å². The Hall–Kier alpha value is -2.24. The van der Waals surface area contributed by atoms with Crippen LogP contribution in [0.4, 0.5) is 13.2 Å². The molecule has 0 bridgehead atoms. The lowest BCUT2D eigenvalue weighted by molar-refractivity contribution is -0.137. The second-order valence-corrected chi connectivity index (χ2v) is 6.69. The largest absolute Gasteiger partial charge is 0.416 e. The molecule has 3 rings (SSSR count). The first-order chi connectivity index (χ1) is 12.1. The van der Waals surface area contributed by atoms with Gasteiger partial charge in [-0.2, -0.15) is 13.2 Å². The van der Waals surface area contributed by atoms with Crippen LogP contribution in [0.15, 0.2) is 59.7 Å². The summed E-state index contributed by atoms with van der Waals surface area (Å²) in [5.41, 5.74) is -0.0691. The normalized spacial score (nSPS) is 11.6. The predicted molar refractivity (Wildman–Crippen MR) is 97.6 cm³/mol. The fraction of sp³-hybridized carbons (Fsp3) is 0.105. The van der Waals surface area contributed by atoms with Gasteiger partial charge in [0, 0.05) is 40.6 Å². The Morgan fingerprint density at radius 1 is 0.885 bits per heavy atom. The van der Waals surface area contributed by atoms with E-state index in [1.54, 1.807) is 29.9 Å². The van der Waals surface area contributed by atoms with Gasteiger partial charge in [0.05, 0.1) is 5.56 Å². The molecule has 1 aromatic heterocycles. The summed E-state index contributed by atoms with van der Waals surface area (Å²) in [6.45, 7) is 0.